The van der Waals surface area contributed by atoms with E-state index in [1.807, 2.05) is 0 Å². The van der Waals surface area contributed by atoms with Gasteiger partial charge in [0.1, 0.15) is 12.1 Å². The quantitative estimate of drug-likeness (QED) is 0.530. The van der Waals surface area contributed by atoms with E-state index in [-0.39, 0.29) is 36.0 Å². The molecule has 26 heavy (non-hydrogen) atoms. The molecule has 1 heterocycles. The van der Waals surface area contributed by atoms with Gasteiger partial charge in [-0.3, -0.25) is 24.4 Å². The predicted octanol–water partition coefficient (Wildman–Crippen LogP) is 1.54. The van der Waals surface area contributed by atoms with Gasteiger partial charge in [-0.05, 0) is 6.92 Å². The highest BCUT2D eigenvalue weighted by Gasteiger charge is 2.25. The lowest BCUT2D eigenvalue weighted by molar-refractivity contribution is -0.385. The number of hydrogen-bond acceptors (Lipinski definition) is 7. The first kappa shape index (κ1) is 18.7. The molecule has 11 nitrogen and oxygen atoms in total. The third kappa shape index (κ3) is 4.26. The van der Waals surface area contributed by atoms with Crippen molar-refractivity contribution in [1.82, 2.24) is 9.78 Å². The number of nitro groups is 1. The number of rotatable bonds is 8. The fourth-order valence-electron chi connectivity index (χ4n) is 2.15. The van der Waals surface area contributed by atoms with Crippen molar-refractivity contribution in [3.8, 4) is 11.5 Å². The topological polar surface area (TPSA) is 146 Å². The Balaban J connectivity index is 2.34. The van der Waals surface area contributed by atoms with Crippen LogP contribution < -0.4 is 14.8 Å². The standard InChI is InChI=1S/C15H16N4O7/c1-3-26-12-6-9(10(19(23)24)7-11(12)25-2)15(22)16-13-4-5-18(17-13)8-14(20)21/h4-7H,3,8H2,1-2H3,(H,20,21)(H,16,17,22). The van der Waals surface area contributed by atoms with Crippen molar-refractivity contribution < 1.29 is 29.1 Å². The number of aliphatic carboxylic acids is 1. The lowest BCUT2D eigenvalue weighted by Gasteiger charge is -2.11. The second-order valence-electron chi connectivity index (χ2n) is 4.96. The molecular weight excluding hydrogens is 348 g/mol. The molecule has 0 fully saturated rings. The number of nitrogens with zero attached hydrogens (tertiary/aromatic N) is 3. The number of aromatic nitrogens is 2. The highest BCUT2D eigenvalue weighted by Crippen LogP contribution is 2.35. The van der Waals surface area contributed by atoms with Crippen molar-refractivity contribution in [2.24, 2.45) is 0 Å². The van der Waals surface area contributed by atoms with Gasteiger partial charge in [0.25, 0.3) is 11.6 Å². The number of ether oxygens (including phenoxy) is 2. The van der Waals surface area contributed by atoms with E-state index in [4.69, 9.17) is 14.6 Å². The van der Waals surface area contributed by atoms with E-state index in [0.29, 0.717) is 0 Å². The maximum atomic E-state index is 12.4. The smallest absolute Gasteiger partial charge is 0.325 e. The number of nitro benzene ring substituents is 1. The van der Waals surface area contributed by atoms with Crippen molar-refractivity contribution in [3.05, 3.63) is 40.1 Å². The maximum absolute atomic E-state index is 12.4. The van der Waals surface area contributed by atoms with E-state index in [9.17, 15) is 19.7 Å². The van der Waals surface area contributed by atoms with E-state index in [2.05, 4.69) is 10.4 Å². The van der Waals surface area contributed by atoms with Gasteiger partial charge < -0.3 is 19.9 Å². The van der Waals surface area contributed by atoms with Crippen LogP contribution in [0.4, 0.5) is 11.5 Å². The minimum absolute atomic E-state index is 0.0549. The van der Waals surface area contributed by atoms with E-state index in [0.717, 1.165) is 10.7 Å². The number of benzene rings is 1. The second-order valence-corrected chi connectivity index (χ2v) is 4.96. The first-order valence-electron chi connectivity index (χ1n) is 7.41. The SMILES string of the molecule is CCOc1cc(C(=O)Nc2ccn(CC(=O)O)n2)c([N+](=O)[O-])cc1OC. The molecule has 1 aromatic heterocycles. The highest BCUT2D eigenvalue weighted by molar-refractivity contribution is 6.07. The first-order chi connectivity index (χ1) is 12.3. The summed E-state index contributed by atoms with van der Waals surface area (Å²) in [6, 6.07) is 3.69. The number of carboxylic acid groups (broad SMARTS) is 1. The molecule has 11 heteroatoms. The molecule has 2 N–H and O–H groups in total. The molecule has 2 rings (SSSR count). The summed E-state index contributed by atoms with van der Waals surface area (Å²) in [4.78, 5) is 33.7. The Morgan fingerprint density at radius 3 is 2.69 bits per heavy atom. The monoisotopic (exact) mass is 364 g/mol. The summed E-state index contributed by atoms with van der Waals surface area (Å²) in [5, 5.41) is 26.3. The maximum Gasteiger partial charge on any atom is 0.325 e. The Labute approximate surface area is 147 Å². The van der Waals surface area contributed by atoms with Crippen LogP contribution in [0.5, 0.6) is 11.5 Å². The van der Waals surface area contributed by atoms with Gasteiger partial charge in [0, 0.05) is 18.3 Å². The Morgan fingerprint density at radius 2 is 2.12 bits per heavy atom. The molecule has 0 aliphatic heterocycles. The van der Waals surface area contributed by atoms with Crippen molar-refractivity contribution >= 4 is 23.4 Å². The molecule has 0 aliphatic rings. The first-order valence-corrected chi connectivity index (χ1v) is 7.41. The number of carbonyl (C=O) groups excluding carboxylic acids is 1. The van der Waals surface area contributed by atoms with Crippen LogP contribution in [-0.4, -0.2) is 45.4 Å². The fraction of sp³-hybridized carbons (Fsp3) is 0.267. The zero-order valence-electron chi connectivity index (χ0n) is 14.0. The number of carboxylic acids is 1. The Hall–Kier alpha value is -3.63. The summed E-state index contributed by atoms with van der Waals surface area (Å²) < 4.78 is 11.5. The minimum Gasteiger partial charge on any atom is -0.493 e. The summed E-state index contributed by atoms with van der Waals surface area (Å²) in [5.74, 6) is -1.53. The zero-order chi connectivity index (χ0) is 19.3. The van der Waals surface area contributed by atoms with E-state index >= 15 is 0 Å². The fourth-order valence-corrected chi connectivity index (χ4v) is 2.15. The van der Waals surface area contributed by atoms with Gasteiger partial charge >= 0.3 is 5.97 Å². The molecule has 2 aromatic rings. The van der Waals surface area contributed by atoms with Gasteiger partial charge in [0.15, 0.2) is 17.3 Å². The van der Waals surface area contributed by atoms with Gasteiger partial charge in [0.05, 0.1) is 24.7 Å². The molecule has 0 saturated heterocycles. The van der Waals surface area contributed by atoms with Crippen LogP contribution in [0, 0.1) is 10.1 Å². The summed E-state index contributed by atoms with van der Waals surface area (Å²) in [5.41, 5.74) is -0.709. The lowest BCUT2D eigenvalue weighted by atomic mass is 10.1. The summed E-state index contributed by atoms with van der Waals surface area (Å²) in [6.07, 6.45) is 1.36. The molecule has 0 radical (unpaired) electrons. The molecule has 1 aromatic carbocycles. The summed E-state index contributed by atoms with van der Waals surface area (Å²) in [6.45, 7) is 1.61. The van der Waals surface area contributed by atoms with E-state index in [1.165, 1.54) is 25.4 Å². The average Bonchev–Trinajstić information content (AvgIpc) is 3.00. The molecular formula is C15H16N4O7. The molecule has 138 valence electrons. The number of hydrogen-bond donors (Lipinski definition) is 2. The summed E-state index contributed by atoms with van der Waals surface area (Å²) in [7, 11) is 1.33. The number of methoxy groups -OCH3 is 1. The van der Waals surface area contributed by atoms with Crippen LogP contribution in [0.1, 0.15) is 17.3 Å². The molecule has 0 bridgehead atoms. The predicted molar refractivity (Wildman–Crippen MR) is 88.6 cm³/mol. The van der Waals surface area contributed by atoms with Gasteiger partial charge in [-0.1, -0.05) is 0 Å². The van der Waals surface area contributed by atoms with Crippen molar-refractivity contribution in [2.75, 3.05) is 19.0 Å². The molecule has 0 aliphatic carbocycles. The highest BCUT2D eigenvalue weighted by atomic mass is 16.6. The third-order valence-electron chi connectivity index (χ3n) is 3.20. The Bertz CT molecular complexity index is 847. The Kier molecular flexibility index (Phi) is 5.73. The number of amides is 1. The van der Waals surface area contributed by atoms with Crippen LogP contribution >= 0.6 is 0 Å². The van der Waals surface area contributed by atoms with E-state index in [1.54, 1.807) is 6.92 Å². The van der Waals surface area contributed by atoms with Crippen LogP contribution in [-0.2, 0) is 11.3 Å². The van der Waals surface area contributed by atoms with Gasteiger partial charge in [-0.2, -0.15) is 5.10 Å². The second kappa shape index (κ2) is 7.96. The van der Waals surface area contributed by atoms with Crippen LogP contribution in [0.15, 0.2) is 24.4 Å². The largest absolute Gasteiger partial charge is 0.493 e. The van der Waals surface area contributed by atoms with E-state index < -0.39 is 22.5 Å². The molecule has 0 saturated carbocycles. The van der Waals surface area contributed by atoms with Crippen molar-refractivity contribution in [3.63, 3.8) is 0 Å². The molecule has 1 amide bonds. The van der Waals surface area contributed by atoms with Crippen LogP contribution in [0.2, 0.25) is 0 Å². The van der Waals surface area contributed by atoms with Crippen molar-refractivity contribution in [1.29, 1.82) is 0 Å². The molecule has 0 atom stereocenters. The van der Waals surface area contributed by atoms with Gasteiger partial charge in [0.2, 0.25) is 0 Å². The minimum atomic E-state index is -1.10. The molecule has 0 unspecified atom stereocenters. The van der Waals surface area contributed by atoms with Crippen LogP contribution in [0.3, 0.4) is 0 Å². The number of nitrogens with one attached hydrogen (secondary N) is 1. The van der Waals surface area contributed by atoms with Gasteiger partial charge in [-0.25, -0.2) is 0 Å². The normalized spacial score (nSPS) is 10.2. The van der Waals surface area contributed by atoms with Gasteiger partial charge in [-0.15, -0.1) is 0 Å². The average molecular weight is 364 g/mol. The van der Waals surface area contributed by atoms with Crippen molar-refractivity contribution in [2.45, 2.75) is 13.5 Å². The number of anilines is 1. The third-order valence-corrected chi connectivity index (χ3v) is 3.20. The van der Waals surface area contributed by atoms with Crippen LogP contribution in [0.25, 0.3) is 0 Å². The Morgan fingerprint density at radius 1 is 1.38 bits per heavy atom. The zero-order valence-corrected chi connectivity index (χ0v) is 14.0. The lowest BCUT2D eigenvalue weighted by Crippen LogP contribution is -2.16. The molecule has 0 spiro atoms. The number of carbonyl (C=O) groups is 2. The summed E-state index contributed by atoms with van der Waals surface area (Å²) >= 11 is 0.